The van der Waals surface area contributed by atoms with Crippen molar-refractivity contribution in [3.8, 4) is 17.9 Å². The minimum absolute atomic E-state index is 0.00568. The third-order valence-corrected chi connectivity index (χ3v) is 1.68. The van der Waals surface area contributed by atoms with Gasteiger partial charge in [0, 0.05) is 18.0 Å². The van der Waals surface area contributed by atoms with Gasteiger partial charge in [-0.05, 0) is 12.1 Å². The van der Waals surface area contributed by atoms with Gasteiger partial charge < -0.3 is 10.1 Å². The molecule has 17 heavy (non-hydrogen) atoms. The number of rotatable bonds is 4. The molecule has 0 aromatic heterocycles. The van der Waals surface area contributed by atoms with Crippen molar-refractivity contribution < 1.29 is 13.5 Å². The van der Waals surface area contributed by atoms with E-state index >= 15 is 0 Å². The molecule has 0 saturated heterocycles. The third-order valence-electron chi connectivity index (χ3n) is 1.68. The Morgan fingerprint density at radius 1 is 1.35 bits per heavy atom. The average Bonchev–Trinajstić information content (AvgIpc) is 2.30. The van der Waals surface area contributed by atoms with Crippen LogP contribution in [0.3, 0.4) is 0 Å². The number of ether oxygens (including phenoxy) is 1. The molecule has 1 aromatic rings. The molecule has 0 radical (unpaired) electrons. The summed E-state index contributed by atoms with van der Waals surface area (Å²) in [7, 11) is 0. The van der Waals surface area contributed by atoms with E-state index in [1.807, 2.05) is 0 Å². The summed E-state index contributed by atoms with van der Waals surface area (Å²) in [5.74, 6) is -0.00568. The maximum absolute atomic E-state index is 11.9. The lowest BCUT2D eigenvalue weighted by Gasteiger charge is -2.06. The standard InChI is InChI=1S/C11H7F2N3O/c12-11(13)17-10-3-1-2-9(4-10)16-7-8(5-14)6-15/h1-4,7,11,16H. The van der Waals surface area contributed by atoms with Crippen LogP contribution in [-0.2, 0) is 0 Å². The lowest BCUT2D eigenvalue weighted by molar-refractivity contribution is -0.0497. The molecule has 0 bridgehead atoms. The highest BCUT2D eigenvalue weighted by Crippen LogP contribution is 2.19. The lowest BCUT2D eigenvalue weighted by atomic mass is 10.3. The predicted octanol–water partition coefficient (Wildman–Crippen LogP) is 2.63. The van der Waals surface area contributed by atoms with Crippen LogP contribution < -0.4 is 10.1 Å². The second kappa shape index (κ2) is 6.09. The monoisotopic (exact) mass is 235 g/mol. The zero-order valence-electron chi connectivity index (χ0n) is 8.52. The first kappa shape index (κ1) is 12.5. The molecule has 86 valence electrons. The van der Waals surface area contributed by atoms with E-state index in [0.717, 1.165) is 0 Å². The van der Waals surface area contributed by atoms with E-state index in [-0.39, 0.29) is 11.3 Å². The molecular formula is C11H7F2N3O. The number of alkyl halides is 2. The highest BCUT2D eigenvalue weighted by Gasteiger charge is 2.04. The smallest absolute Gasteiger partial charge is 0.387 e. The normalized spacial score (nSPS) is 9.00. The lowest BCUT2D eigenvalue weighted by Crippen LogP contribution is -2.02. The second-order valence-corrected chi connectivity index (χ2v) is 2.83. The van der Waals surface area contributed by atoms with Crippen molar-refractivity contribution >= 4 is 5.69 Å². The molecule has 0 fully saturated rings. The van der Waals surface area contributed by atoms with Gasteiger partial charge in [0.15, 0.2) is 0 Å². The Kier molecular flexibility index (Phi) is 4.46. The number of hydrogen-bond acceptors (Lipinski definition) is 4. The number of allylic oxidation sites excluding steroid dienone is 1. The van der Waals surface area contributed by atoms with Crippen LogP contribution >= 0.6 is 0 Å². The Labute approximate surface area is 96.3 Å². The Morgan fingerprint density at radius 3 is 2.65 bits per heavy atom. The van der Waals surface area contributed by atoms with Crippen LogP contribution in [-0.4, -0.2) is 6.61 Å². The summed E-state index contributed by atoms with van der Waals surface area (Å²) in [6.45, 7) is -2.89. The first-order valence-electron chi connectivity index (χ1n) is 4.47. The van der Waals surface area contributed by atoms with Crippen LogP contribution in [0.15, 0.2) is 36.0 Å². The number of halogens is 2. The molecule has 1 rings (SSSR count). The van der Waals surface area contributed by atoms with Crippen molar-refractivity contribution in [2.45, 2.75) is 6.61 Å². The zero-order chi connectivity index (χ0) is 12.7. The van der Waals surface area contributed by atoms with Crippen molar-refractivity contribution in [1.82, 2.24) is 0 Å². The summed E-state index contributed by atoms with van der Waals surface area (Å²) in [6.07, 6.45) is 1.18. The number of nitrogens with one attached hydrogen (secondary N) is 1. The molecule has 0 saturated carbocycles. The Hall–Kier alpha value is -2.60. The molecule has 1 N–H and O–H groups in total. The maximum atomic E-state index is 11.9. The summed E-state index contributed by atoms with van der Waals surface area (Å²) in [4.78, 5) is 0. The van der Waals surface area contributed by atoms with E-state index in [2.05, 4.69) is 10.1 Å². The molecule has 4 nitrogen and oxygen atoms in total. The van der Waals surface area contributed by atoms with E-state index in [1.54, 1.807) is 18.2 Å². The van der Waals surface area contributed by atoms with Gasteiger partial charge in [0.1, 0.15) is 23.5 Å². The molecule has 1 aromatic carbocycles. The van der Waals surface area contributed by atoms with Gasteiger partial charge in [-0.2, -0.15) is 19.3 Å². The van der Waals surface area contributed by atoms with Crippen molar-refractivity contribution in [1.29, 1.82) is 10.5 Å². The number of nitrogens with zero attached hydrogens (tertiary/aromatic N) is 2. The molecule has 6 heteroatoms. The summed E-state index contributed by atoms with van der Waals surface area (Å²) < 4.78 is 28.1. The fourth-order valence-electron chi connectivity index (χ4n) is 1.01. The second-order valence-electron chi connectivity index (χ2n) is 2.83. The third kappa shape index (κ3) is 4.18. The first-order valence-corrected chi connectivity index (χ1v) is 4.47. The zero-order valence-corrected chi connectivity index (χ0v) is 8.52. The van der Waals surface area contributed by atoms with E-state index in [4.69, 9.17) is 10.5 Å². The Bertz CT molecular complexity index is 484. The fourth-order valence-corrected chi connectivity index (χ4v) is 1.01. The largest absolute Gasteiger partial charge is 0.435 e. The van der Waals surface area contributed by atoms with Crippen LogP contribution in [0.2, 0.25) is 0 Å². The molecule has 0 atom stereocenters. The van der Waals surface area contributed by atoms with Gasteiger partial charge in [-0.25, -0.2) is 0 Å². The van der Waals surface area contributed by atoms with Gasteiger partial charge in [0.2, 0.25) is 0 Å². The average molecular weight is 235 g/mol. The molecular weight excluding hydrogens is 228 g/mol. The molecule has 0 unspecified atom stereocenters. The van der Waals surface area contributed by atoms with Gasteiger partial charge in [-0.3, -0.25) is 0 Å². The van der Waals surface area contributed by atoms with Crippen LogP contribution in [0.25, 0.3) is 0 Å². The molecule has 0 heterocycles. The maximum Gasteiger partial charge on any atom is 0.387 e. The highest BCUT2D eigenvalue weighted by atomic mass is 19.3. The molecule has 0 amide bonds. The van der Waals surface area contributed by atoms with Crippen molar-refractivity contribution in [2.24, 2.45) is 0 Å². The van der Waals surface area contributed by atoms with Gasteiger partial charge in [-0.15, -0.1) is 0 Å². The number of anilines is 1. The summed E-state index contributed by atoms with van der Waals surface area (Å²) in [5.41, 5.74) is 0.316. The van der Waals surface area contributed by atoms with Gasteiger partial charge in [0.25, 0.3) is 0 Å². The van der Waals surface area contributed by atoms with Gasteiger partial charge >= 0.3 is 6.61 Å². The van der Waals surface area contributed by atoms with Gasteiger partial charge in [0.05, 0.1) is 0 Å². The summed E-state index contributed by atoms with van der Waals surface area (Å²) in [6, 6.07) is 9.10. The Morgan fingerprint density at radius 2 is 2.06 bits per heavy atom. The summed E-state index contributed by atoms with van der Waals surface area (Å²) >= 11 is 0. The van der Waals surface area contributed by atoms with Crippen molar-refractivity contribution in [3.05, 3.63) is 36.0 Å². The number of benzene rings is 1. The molecule has 0 aliphatic heterocycles. The van der Waals surface area contributed by atoms with E-state index in [1.165, 1.54) is 24.4 Å². The van der Waals surface area contributed by atoms with E-state index < -0.39 is 6.61 Å². The minimum atomic E-state index is -2.89. The predicted molar refractivity (Wildman–Crippen MR) is 56.0 cm³/mol. The van der Waals surface area contributed by atoms with Crippen molar-refractivity contribution in [2.75, 3.05) is 5.32 Å². The quantitative estimate of drug-likeness (QED) is 0.814. The molecule has 0 aliphatic rings. The van der Waals surface area contributed by atoms with E-state index in [9.17, 15) is 8.78 Å². The number of hydrogen-bond donors (Lipinski definition) is 1. The van der Waals surface area contributed by atoms with Crippen LogP contribution in [0, 0.1) is 22.7 Å². The molecule has 0 spiro atoms. The SMILES string of the molecule is N#CC(C#N)=CNc1cccc(OC(F)F)c1. The number of nitriles is 2. The summed E-state index contributed by atoms with van der Waals surface area (Å²) in [5, 5.41) is 19.6. The Balaban J connectivity index is 2.77. The van der Waals surface area contributed by atoms with Gasteiger partial charge in [-0.1, -0.05) is 6.07 Å². The molecule has 0 aliphatic carbocycles. The van der Waals surface area contributed by atoms with Crippen LogP contribution in [0.1, 0.15) is 0 Å². The van der Waals surface area contributed by atoms with Crippen LogP contribution in [0.5, 0.6) is 5.75 Å². The highest BCUT2D eigenvalue weighted by molar-refractivity contribution is 5.52. The van der Waals surface area contributed by atoms with Crippen molar-refractivity contribution in [3.63, 3.8) is 0 Å². The first-order chi connectivity index (χ1) is 8.15. The minimum Gasteiger partial charge on any atom is -0.435 e. The topological polar surface area (TPSA) is 68.8 Å². The van der Waals surface area contributed by atoms with Crippen LogP contribution in [0.4, 0.5) is 14.5 Å². The van der Waals surface area contributed by atoms with E-state index in [0.29, 0.717) is 5.69 Å². The fraction of sp³-hybridized carbons (Fsp3) is 0.0909.